The maximum absolute atomic E-state index is 13.2. The highest BCUT2D eigenvalue weighted by atomic mass is 19.1. The maximum Gasteiger partial charge on any atom is 0.188 e. The lowest BCUT2D eigenvalue weighted by Crippen LogP contribution is -2.20. The maximum atomic E-state index is 13.2. The van der Waals surface area contributed by atoms with Crippen LogP contribution in [-0.4, -0.2) is 38.7 Å². The Hall–Kier alpha value is -1.99. The highest BCUT2D eigenvalue weighted by Gasteiger charge is 2.43. The number of halogens is 1. The van der Waals surface area contributed by atoms with Gasteiger partial charge in [0.25, 0.3) is 0 Å². The summed E-state index contributed by atoms with van der Waals surface area (Å²) in [5.74, 6) is 1.86. The molecule has 0 aliphatic carbocycles. The molecule has 4 rings (SSSR count). The Morgan fingerprint density at radius 3 is 3.00 bits per heavy atom. The van der Waals surface area contributed by atoms with Crippen LogP contribution < -0.4 is 4.74 Å². The Balaban J connectivity index is 1.50. The van der Waals surface area contributed by atoms with Gasteiger partial charge in [0, 0.05) is 25.1 Å². The van der Waals surface area contributed by atoms with Crippen LogP contribution in [0.15, 0.2) is 24.3 Å². The fourth-order valence-corrected chi connectivity index (χ4v) is 3.74. The van der Waals surface area contributed by atoms with Crippen LogP contribution in [0.2, 0.25) is 0 Å². The van der Waals surface area contributed by atoms with Crippen LogP contribution in [-0.2, 0) is 17.9 Å². The SMILES string of the molecule is OCCCn1nc(COc2cccc(F)c2)nc1[C@H]1C[C@@H]2CC[C@H]1O2. The smallest absolute Gasteiger partial charge is 0.188 e. The van der Waals surface area contributed by atoms with Gasteiger partial charge < -0.3 is 14.6 Å². The minimum atomic E-state index is -0.334. The van der Waals surface area contributed by atoms with Crippen molar-refractivity contribution in [2.75, 3.05) is 6.61 Å². The summed E-state index contributed by atoms with van der Waals surface area (Å²) in [6.07, 6.45) is 4.36. The number of aliphatic hydroxyl groups excluding tert-OH is 1. The van der Waals surface area contributed by atoms with Crippen LogP contribution >= 0.6 is 0 Å². The molecular weight excluding hydrogens is 325 g/mol. The average molecular weight is 347 g/mol. The average Bonchev–Trinajstić information content (AvgIpc) is 3.33. The highest BCUT2D eigenvalue weighted by molar-refractivity contribution is 5.22. The molecule has 2 aliphatic heterocycles. The lowest BCUT2D eigenvalue weighted by Gasteiger charge is -2.18. The molecule has 1 N–H and O–H groups in total. The van der Waals surface area contributed by atoms with Crippen molar-refractivity contribution < 1.29 is 19.0 Å². The summed E-state index contributed by atoms with van der Waals surface area (Å²) in [5.41, 5.74) is 0. The zero-order valence-corrected chi connectivity index (χ0v) is 14.0. The molecule has 6 nitrogen and oxygen atoms in total. The van der Waals surface area contributed by atoms with Crippen molar-refractivity contribution in [1.82, 2.24) is 14.8 Å². The molecule has 0 unspecified atom stereocenters. The van der Waals surface area contributed by atoms with E-state index in [1.54, 1.807) is 12.1 Å². The molecule has 3 heterocycles. The van der Waals surface area contributed by atoms with Crippen LogP contribution in [0.4, 0.5) is 4.39 Å². The van der Waals surface area contributed by atoms with Crippen molar-refractivity contribution in [3.05, 3.63) is 41.7 Å². The van der Waals surface area contributed by atoms with Crippen LogP contribution in [0.3, 0.4) is 0 Å². The zero-order valence-electron chi connectivity index (χ0n) is 14.0. The fourth-order valence-electron chi connectivity index (χ4n) is 3.74. The van der Waals surface area contributed by atoms with Crippen LogP contribution in [0.25, 0.3) is 0 Å². The summed E-state index contributed by atoms with van der Waals surface area (Å²) in [5, 5.41) is 13.7. The van der Waals surface area contributed by atoms with Gasteiger partial charge in [0.15, 0.2) is 5.82 Å². The van der Waals surface area contributed by atoms with Gasteiger partial charge in [-0.25, -0.2) is 14.1 Å². The van der Waals surface area contributed by atoms with Crippen molar-refractivity contribution in [3.8, 4) is 5.75 Å². The van der Waals surface area contributed by atoms with E-state index in [9.17, 15) is 4.39 Å². The first kappa shape index (κ1) is 16.5. The van der Waals surface area contributed by atoms with E-state index >= 15 is 0 Å². The van der Waals surface area contributed by atoms with E-state index in [1.165, 1.54) is 12.1 Å². The summed E-state index contributed by atoms with van der Waals surface area (Å²) in [6, 6.07) is 6.03. The summed E-state index contributed by atoms with van der Waals surface area (Å²) in [4.78, 5) is 4.67. The number of hydrogen-bond donors (Lipinski definition) is 1. The second-order valence-corrected chi connectivity index (χ2v) is 6.65. The first-order valence-electron chi connectivity index (χ1n) is 8.81. The lowest BCUT2D eigenvalue weighted by molar-refractivity contribution is 0.0994. The van der Waals surface area contributed by atoms with Crippen molar-refractivity contribution in [1.29, 1.82) is 0 Å². The van der Waals surface area contributed by atoms with Gasteiger partial charge in [-0.15, -0.1) is 0 Å². The Kier molecular flexibility index (Phi) is 4.67. The highest BCUT2D eigenvalue weighted by Crippen LogP contribution is 2.43. The summed E-state index contributed by atoms with van der Waals surface area (Å²) < 4.78 is 26.7. The molecule has 0 amide bonds. The molecule has 1 aromatic carbocycles. The first-order chi connectivity index (χ1) is 12.2. The number of aliphatic hydroxyl groups is 1. The molecule has 2 fully saturated rings. The topological polar surface area (TPSA) is 69.4 Å². The van der Waals surface area contributed by atoms with Gasteiger partial charge in [-0.1, -0.05) is 6.07 Å². The first-order valence-corrected chi connectivity index (χ1v) is 8.81. The standard InChI is InChI=1S/C18H22FN3O3/c19-12-3-1-4-13(9-12)24-11-17-20-18(22(21-17)7-2-8-23)15-10-14-5-6-16(15)25-14/h1,3-4,9,14-16,23H,2,5-8,10-11H2/t14-,15-,16+/m0/s1. The van der Waals surface area contributed by atoms with Gasteiger partial charge in [-0.05, 0) is 37.8 Å². The molecule has 2 bridgehead atoms. The molecule has 7 heteroatoms. The number of aromatic nitrogens is 3. The van der Waals surface area contributed by atoms with Gasteiger partial charge in [-0.2, -0.15) is 5.10 Å². The monoisotopic (exact) mass is 347 g/mol. The number of aryl methyl sites for hydroxylation is 1. The van der Waals surface area contributed by atoms with E-state index in [4.69, 9.17) is 14.6 Å². The fraction of sp³-hybridized carbons (Fsp3) is 0.556. The quantitative estimate of drug-likeness (QED) is 0.833. The normalized spacial score (nSPS) is 24.8. The molecule has 2 aromatic rings. The number of nitrogens with zero attached hydrogens (tertiary/aromatic N) is 3. The predicted molar refractivity (Wildman–Crippen MR) is 87.7 cm³/mol. The zero-order chi connectivity index (χ0) is 17.2. The van der Waals surface area contributed by atoms with E-state index in [0.717, 1.165) is 25.1 Å². The number of hydrogen-bond acceptors (Lipinski definition) is 5. The van der Waals surface area contributed by atoms with E-state index in [1.807, 2.05) is 4.68 Å². The number of ether oxygens (including phenoxy) is 2. The second kappa shape index (κ2) is 7.09. The summed E-state index contributed by atoms with van der Waals surface area (Å²) >= 11 is 0. The van der Waals surface area contributed by atoms with Crippen molar-refractivity contribution in [2.45, 2.75) is 57.0 Å². The van der Waals surface area contributed by atoms with Gasteiger partial charge in [0.05, 0.1) is 12.2 Å². The van der Waals surface area contributed by atoms with Crippen LogP contribution in [0.5, 0.6) is 5.75 Å². The van der Waals surface area contributed by atoms with Gasteiger partial charge in [0.2, 0.25) is 0 Å². The molecule has 1 aromatic heterocycles. The van der Waals surface area contributed by atoms with Crippen LogP contribution in [0.1, 0.15) is 43.3 Å². The Bertz CT molecular complexity index is 736. The minimum absolute atomic E-state index is 0.113. The summed E-state index contributed by atoms with van der Waals surface area (Å²) in [7, 11) is 0. The third-order valence-corrected chi connectivity index (χ3v) is 4.87. The molecule has 0 spiro atoms. The van der Waals surface area contributed by atoms with Gasteiger partial charge in [-0.3, -0.25) is 0 Å². The van der Waals surface area contributed by atoms with Crippen molar-refractivity contribution in [2.24, 2.45) is 0 Å². The molecular formula is C18H22FN3O3. The van der Waals surface area contributed by atoms with E-state index < -0.39 is 0 Å². The molecule has 2 saturated heterocycles. The predicted octanol–water partition coefficient (Wildman–Crippen LogP) is 2.41. The van der Waals surface area contributed by atoms with E-state index in [0.29, 0.717) is 30.6 Å². The third-order valence-electron chi connectivity index (χ3n) is 4.87. The molecule has 3 atom stereocenters. The van der Waals surface area contributed by atoms with Crippen molar-refractivity contribution in [3.63, 3.8) is 0 Å². The lowest BCUT2D eigenvalue weighted by atomic mass is 9.88. The third kappa shape index (κ3) is 3.52. The molecule has 134 valence electrons. The largest absolute Gasteiger partial charge is 0.485 e. The number of rotatable bonds is 7. The Morgan fingerprint density at radius 2 is 2.28 bits per heavy atom. The second-order valence-electron chi connectivity index (χ2n) is 6.65. The molecule has 2 aliphatic rings. The van der Waals surface area contributed by atoms with Gasteiger partial charge >= 0.3 is 0 Å². The van der Waals surface area contributed by atoms with Crippen LogP contribution in [0, 0.1) is 5.82 Å². The number of fused-ring (bicyclic) bond motifs is 2. The van der Waals surface area contributed by atoms with E-state index in [-0.39, 0.29) is 31.1 Å². The number of benzene rings is 1. The Morgan fingerprint density at radius 1 is 1.36 bits per heavy atom. The van der Waals surface area contributed by atoms with Gasteiger partial charge in [0.1, 0.15) is 24.0 Å². The molecule has 0 saturated carbocycles. The van der Waals surface area contributed by atoms with Crippen molar-refractivity contribution >= 4 is 0 Å². The molecule has 0 radical (unpaired) electrons. The van der Waals surface area contributed by atoms with E-state index in [2.05, 4.69) is 10.1 Å². The minimum Gasteiger partial charge on any atom is -0.485 e. The Labute approximate surface area is 145 Å². The molecule has 25 heavy (non-hydrogen) atoms. The summed E-state index contributed by atoms with van der Waals surface area (Å²) in [6.45, 7) is 0.915.